The lowest BCUT2D eigenvalue weighted by Gasteiger charge is -2.21. The minimum absolute atomic E-state index is 0.352. The number of amides is 1. The van der Waals surface area contributed by atoms with Gasteiger partial charge in [0.25, 0.3) is 0 Å². The van der Waals surface area contributed by atoms with Gasteiger partial charge < -0.3 is 10.2 Å². The van der Waals surface area contributed by atoms with E-state index in [-0.39, 0.29) is 0 Å². The Morgan fingerprint density at radius 2 is 1.90 bits per heavy atom. The Balaban J connectivity index is 1.52. The monoisotopic (exact) mass is 272 g/mol. The van der Waals surface area contributed by atoms with Gasteiger partial charge >= 0.3 is 0 Å². The van der Waals surface area contributed by atoms with E-state index in [9.17, 15) is 4.79 Å². The molecule has 0 bridgehead atoms. The summed E-state index contributed by atoms with van der Waals surface area (Å²) in [5, 5.41) is 3.37. The lowest BCUT2D eigenvalue weighted by Crippen LogP contribution is -2.33. The molecular weight excluding hydrogens is 248 g/mol. The van der Waals surface area contributed by atoms with Crippen LogP contribution in [-0.2, 0) is 17.6 Å². The summed E-state index contributed by atoms with van der Waals surface area (Å²) in [7, 11) is 0. The molecule has 3 heteroatoms. The number of nitrogens with one attached hydrogen (secondary N) is 1. The van der Waals surface area contributed by atoms with Gasteiger partial charge in [-0.3, -0.25) is 4.79 Å². The lowest BCUT2D eigenvalue weighted by atomic mass is 10.0. The third-order valence-corrected chi connectivity index (χ3v) is 4.70. The predicted molar refractivity (Wildman–Crippen MR) is 80.6 cm³/mol. The fraction of sp³-hybridized carbons (Fsp3) is 0.588. The SMILES string of the molecule is O=C(CCC1CCNC1)N1CCc2ccccc2CC1. The Morgan fingerprint density at radius 1 is 1.20 bits per heavy atom. The largest absolute Gasteiger partial charge is 0.342 e. The van der Waals surface area contributed by atoms with E-state index in [1.165, 1.54) is 17.5 Å². The highest BCUT2D eigenvalue weighted by molar-refractivity contribution is 5.76. The molecule has 3 rings (SSSR count). The molecule has 1 aromatic rings. The van der Waals surface area contributed by atoms with Crippen molar-refractivity contribution in [2.45, 2.75) is 32.1 Å². The number of hydrogen-bond acceptors (Lipinski definition) is 2. The predicted octanol–water partition coefficient (Wildman–Crippen LogP) is 2.00. The topological polar surface area (TPSA) is 32.3 Å². The maximum Gasteiger partial charge on any atom is 0.222 e. The molecule has 1 aromatic carbocycles. The van der Waals surface area contributed by atoms with Crippen LogP contribution in [0.4, 0.5) is 0 Å². The molecule has 0 saturated carbocycles. The summed E-state index contributed by atoms with van der Waals surface area (Å²) >= 11 is 0. The van der Waals surface area contributed by atoms with Gasteiger partial charge in [0.2, 0.25) is 5.91 Å². The van der Waals surface area contributed by atoms with E-state index < -0.39 is 0 Å². The zero-order valence-electron chi connectivity index (χ0n) is 12.1. The quantitative estimate of drug-likeness (QED) is 0.913. The first-order chi connectivity index (χ1) is 9.83. The molecule has 1 fully saturated rings. The summed E-state index contributed by atoms with van der Waals surface area (Å²) in [5.41, 5.74) is 2.84. The molecule has 1 saturated heterocycles. The van der Waals surface area contributed by atoms with Crippen LogP contribution in [-0.4, -0.2) is 37.0 Å². The fourth-order valence-electron chi connectivity index (χ4n) is 3.36. The summed E-state index contributed by atoms with van der Waals surface area (Å²) < 4.78 is 0. The second kappa shape index (κ2) is 6.40. The molecule has 20 heavy (non-hydrogen) atoms. The van der Waals surface area contributed by atoms with Gasteiger partial charge in [-0.05, 0) is 55.8 Å². The van der Waals surface area contributed by atoms with E-state index in [0.717, 1.165) is 51.9 Å². The summed E-state index contributed by atoms with van der Waals surface area (Å²) in [6.07, 6.45) is 5.02. The summed E-state index contributed by atoms with van der Waals surface area (Å²) in [5.74, 6) is 1.06. The fourth-order valence-corrected chi connectivity index (χ4v) is 3.36. The van der Waals surface area contributed by atoms with E-state index >= 15 is 0 Å². The number of rotatable bonds is 3. The van der Waals surface area contributed by atoms with E-state index in [1.807, 2.05) is 0 Å². The zero-order chi connectivity index (χ0) is 13.8. The number of hydrogen-bond donors (Lipinski definition) is 1. The number of fused-ring (bicyclic) bond motifs is 1. The van der Waals surface area contributed by atoms with Crippen molar-refractivity contribution in [3.8, 4) is 0 Å². The van der Waals surface area contributed by atoms with Crippen molar-refractivity contribution in [1.29, 1.82) is 0 Å². The van der Waals surface area contributed by atoms with Crippen molar-refractivity contribution in [1.82, 2.24) is 10.2 Å². The Morgan fingerprint density at radius 3 is 2.50 bits per heavy atom. The molecule has 2 aliphatic rings. The van der Waals surface area contributed by atoms with Gasteiger partial charge in [0, 0.05) is 19.5 Å². The molecule has 2 heterocycles. The second-order valence-corrected chi connectivity index (χ2v) is 6.05. The molecule has 0 aliphatic carbocycles. The number of carbonyl (C=O) groups excluding carboxylic acids is 1. The molecule has 0 radical (unpaired) electrons. The van der Waals surface area contributed by atoms with Crippen molar-refractivity contribution in [3.63, 3.8) is 0 Å². The maximum absolute atomic E-state index is 12.4. The van der Waals surface area contributed by atoms with Gasteiger partial charge in [0.15, 0.2) is 0 Å². The highest BCUT2D eigenvalue weighted by atomic mass is 16.2. The lowest BCUT2D eigenvalue weighted by molar-refractivity contribution is -0.131. The van der Waals surface area contributed by atoms with Gasteiger partial charge in [-0.1, -0.05) is 24.3 Å². The van der Waals surface area contributed by atoms with Gasteiger partial charge in [0.1, 0.15) is 0 Å². The Bertz CT molecular complexity index is 439. The van der Waals surface area contributed by atoms with Gasteiger partial charge in [-0.15, -0.1) is 0 Å². The normalized spacial score (nSPS) is 22.4. The van der Waals surface area contributed by atoms with Crippen LogP contribution in [0.3, 0.4) is 0 Å². The molecule has 0 aromatic heterocycles. The van der Waals surface area contributed by atoms with Crippen molar-refractivity contribution in [3.05, 3.63) is 35.4 Å². The molecule has 108 valence electrons. The maximum atomic E-state index is 12.4. The summed E-state index contributed by atoms with van der Waals surface area (Å²) in [4.78, 5) is 14.4. The van der Waals surface area contributed by atoms with Crippen LogP contribution in [0, 0.1) is 5.92 Å². The van der Waals surface area contributed by atoms with Crippen LogP contribution in [0.1, 0.15) is 30.4 Å². The van der Waals surface area contributed by atoms with E-state index in [4.69, 9.17) is 0 Å². The summed E-state index contributed by atoms with van der Waals surface area (Å²) in [6, 6.07) is 8.60. The third kappa shape index (κ3) is 3.21. The van der Waals surface area contributed by atoms with Crippen LogP contribution >= 0.6 is 0 Å². The van der Waals surface area contributed by atoms with Crippen LogP contribution in [0.2, 0.25) is 0 Å². The van der Waals surface area contributed by atoms with Crippen molar-refractivity contribution >= 4 is 5.91 Å². The number of nitrogens with zero attached hydrogens (tertiary/aromatic N) is 1. The molecule has 2 aliphatic heterocycles. The summed E-state index contributed by atoms with van der Waals surface area (Å²) in [6.45, 7) is 3.99. The van der Waals surface area contributed by atoms with Crippen molar-refractivity contribution < 1.29 is 4.79 Å². The number of benzene rings is 1. The standard InChI is InChI=1S/C17H24N2O/c20-17(6-5-14-7-10-18-13-14)19-11-8-15-3-1-2-4-16(15)9-12-19/h1-4,14,18H,5-13H2. The molecule has 0 spiro atoms. The van der Waals surface area contributed by atoms with Crippen LogP contribution in [0.15, 0.2) is 24.3 Å². The first-order valence-corrected chi connectivity index (χ1v) is 7.88. The molecule has 1 atom stereocenters. The average Bonchev–Trinajstić information content (AvgIpc) is 2.90. The molecule has 1 amide bonds. The van der Waals surface area contributed by atoms with Crippen molar-refractivity contribution in [2.24, 2.45) is 5.92 Å². The first-order valence-electron chi connectivity index (χ1n) is 7.88. The van der Waals surface area contributed by atoms with Gasteiger partial charge in [-0.2, -0.15) is 0 Å². The van der Waals surface area contributed by atoms with E-state index in [2.05, 4.69) is 34.5 Å². The van der Waals surface area contributed by atoms with Gasteiger partial charge in [-0.25, -0.2) is 0 Å². The van der Waals surface area contributed by atoms with Crippen LogP contribution in [0.5, 0.6) is 0 Å². The zero-order valence-corrected chi connectivity index (χ0v) is 12.1. The number of carbonyl (C=O) groups is 1. The average molecular weight is 272 g/mol. The van der Waals surface area contributed by atoms with E-state index in [1.54, 1.807) is 0 Å². The first kappa shape index (κ1) is 13.6. The minimum Gasteiger partial charge on any atom is -0.342 e. The smallest absolute Gasteiger partial charge is 0.222 e. The van der Waals surface area contributed by atoms with Crippen molar-refractivity contribution in [2.75, 3.05) is 26.2 Å². The molecule has 3 nitrogen and oxygen atoms in total. The molecular formula is C17H24N2O. The highest BCUT2D eigenvalue weighted by Crippen LogP contribution is 2.18. The van der Waals surface area contributed by atoms with E-state index in [0.29, 0.717) is 11.8 Å². The molecule has 1 unspecified atom stereocenters. The molecule has 1 N–H and O–H groups in total. The van der Waals surface area contributed by atoms with Crippen LogP contribution in [0.25, 0.3) is 0 Å². The van der Waals surface area contributed by atoms with Gasteiger partial charge in [0.05, 0.1) is 0 Å². The second-order valence-electron chi connectivity index (χ2n) is 6.05. The third-order valence-electron chi connectivity index (χ3n) is 4.70. The minimum atomic E-state index is 0.352. The highest BCUT2D eigenvalue weighted by Gasteiger charge is 2.20. The Kier molecular flexibility index (Phi) is 4.36. The van der Waals surface area contributed by atoms with Crippen LogP contribution < -0.4 is 5.32 Å². The Labute approximate surface area is 121 Å². The Hall–Kier alpha value is -1.35.